The van der Waals surface area contributed by atoms with Crippen molar-refractivity contribution in [1.82, 2.24) is 9.97 Å². The van der Waals surface area contributed by atoms with E-state index in [1.54, 1.807) is 11.8 Å². The number of rotatable bonds is 3. The van der Waals surface area contributed by atoms with Crippen molar-refractivity contribution in [3.05, 3.63) is 53.3 Å². The zero-order valence-corrected chi connectivity index (χ0v) is 12.9. The summed E-state index contributed by atoms with van der Waals surface area (Å²) in [6.45, 7) is 0.713. The van der Waals surface area contributed by atoms with E-state index in [0.717, 1.165) is 18.4 Å². The highest BCUT2D eigenvalue weighted by Gasteiger charge is 2.22. The maximum atomic E-state index is 5.70. The molecule has 1 aromatic carbocycles. The van der Waals surface area contributed by atoms with E-state index < -0.39 is 0 Å². The highest BCUT2D eigenvalue weighted by molar-refractivity contribution is 8.14. The molecule has 112 valence electrons. The lowest BCUT2D eigenvalue weighted by Crippen LogP contribution is -2.21. The second kappa shape index (κ2) is 5.61. The standard InChI is InChI=1S/C16H17N5S/c17-15-18-9-14(22-15)12-7-19-16(20-8-12)21-13-5-10-3-1-2-4-11(10)6-13/h1-4,7-8,13-14H,5-6,9H2,(H2,17,18)(H,19,20,21). The van der Waals surface area contributed by atoms with Crippen LogP contribution in [0.2, 0.25) is 0 Å². The number of nitrogens with two attached hydrogens (primary N) is 1. The summed E-state index contributed by atoms with van der Waals surface area (Å²) in [5.41, 5.74) is 9.63. The Morgan fingerprint density at radius 1 is 1.09 bits per heavy atom. The Balaban J connectivity index is 1.40. The molecule has 0 fully saturated rings. The van der Waals surface area contributed by atoms with Crippen molar-refractivity contribution in [2.45, 2.75) is 24.1 Å². The lowest BCUT2D eigenvalue weighted by Gasteiger charge is -2.13. The van der Waals surface area contributed by atoms with Gasteiger partial charge < -0.3 is 11.1 Å². The van der Waals surface area contributed by atoms with Gasteiger partial charge in [0.05, 0.1) is 11.8 Å². The lowest BCUT2D eigenvalue weighted by molar-refractivity contribution is 0.760. The molecule has 0 saturated carbocycles. The molecule has 1 aliphatic heterocycles. The van der Waals surface area contributed by atoms with Crippen LogP contribution in [0.5, 0.6) is 0 Å². The van der Waals surface area contributed by atoms with E-state index in [-0.39, 0.29) is 5.25 Å². The van der Waals surface area contributed by atoms with Crippen LogP contribution in [0.25, 0.3) is 0 Å². The van der Waals surface area contributed by atoms with Gasteiger partial charge in [-0.25, -0.2) is 9.97 Å². The van der Waals surface area contributed by atoms with Crippen molar-refractivity contribution >= 4 is 22.9 Å². The van der Waals surface area contributed by atoms with E-state index in [9.17, 15) is 0 Å². The van der Waals surface area contributed by atoms with E-state index >= 15 is 0 Å². The first-order valence-corrected chi connectivity index (χ1v) is 8.28. The maximum Gasteiger partial charge on any atom is 0.222 e. The second-order valence-corrected chi connectivity index (χ2v) is 6.87. The number of amidine groups is 1. The van der Waals surface area contributed by atoms with Crippen molar-refractivity contribution in [3.8, 4) is 0 Å². The summed E-state index contributed by atoms with van der Waals surface area (Å²) >= 11 is 1.58. The van der Waals surface area contributed by atoms with E-state index in [4.69, 9.17) is 5.73 Å². The predicted octanol–water partition coefficient (Wildman–Crippen LogP) is 2.16. The molecule has 0 radical (unpaired) electrons. The van der Waals surface area contributed by atoms with Crippen LogP contribution in [0.3, 0.4) is 0 Å². The van der Waals surface area contributed by atoms with Gasteiger partial charge in [-0.15, -0.1) is 0 Å². The number of benzene rings is 1. The molecule has 2 aromatic rings. The maximum absolute atomic E-state index is 5.70. The third kappa shape index (κ3) is 2.66. The third-order valence-electron chi connectivity index (χ3n) is 4.10. The molecule has 2 heterocycles. The fourth-order valence-electron chi connectivity index (χ4n) is 2.99. The summed E-state index contributed by atoms with van der Waals surface area (Å²) < 4.78 is 0. The normalized spacial score (nSPS) is 20.7. The molecule has 1 aromatic heterocycles. The SMILES string of the molecule is NC1=NCC(c2cnc(NC3Cc4ccccc4C3)nc2)S1. The average molecular weight is 311 g/mol. The predicted molar refractivity (Wildman–Crippen MR) is 90.1 cm³/mol. The van der Waals surface area contributed by atoms with Gasteiger partial charge in [0.25, 0.3) is 0 Å². The number of anilines is 1. The van der Waals surface area contributed by atoms with Gasteiger partial charge in [-0.05, 0) is 24.0 Å². The van der Waals surface area contributed by atoms with Crippen molar-refractivity contribution in [2.24, 2.45) is 10.7 Å². The molecule has 22 heavy (non-hydrogen) atoms. The minimum Gasteiger partial charge on any atom is -0.379 e. The molecule has 0 spiro atoms. The third-order valence-corrected chi connectivity index (χ3v) is 5.18. The average Bonchev–Trinajstić information content (AvgIpc) is 3.13. The Labute approximate surface area is 133 Å². The van der Waals surface area contributed by atoms with Crippen LogP contribution in [0.15, 0.2) is 41.7 Å². The Hall–Kier alpha value is -2.08. The first-order valence-electron chi connectivity index (χ1n) is 7.40. The van der Waals surface area contributed by atoms with Gasteiger partial charge in [0.15, 0.2) is 5.17 Å². The topological polar surface area (TPSA) is 76.2 Å². The number of hydrogen-bond acceptors (Lipinski definition) is 6. The molecule has 6 heteroatoms. The first kappa shape index (κ1) is 13.6. The summed E-state index contributed by atoms with van der Waals surface area (Å²) in [5, 5.41) is 4.34. The molecule has 0 amide bonds. The van der Waals surface area contributed by atoms with Crippen molar-refractivity contribution in [3.63, 3.8) is 0 Å². The highest BCUT2D eigenvalue weighted by Crippen LogP contribution is 2.33. The zero-order valence-electron chi connectivity index (χ0n) is 12.1. The molecule has 1 aliphatic carbocycles. The van der Waals surface area contributed by atoms with Crippen LogP contribution in [0.4, 0.5) is 5.95 Å². The molecular formula is C16H17N5S. The summed E-state index contributed by atoms with van der Waals surface area (Å²) in [4.78, 5) is 13.1. The molecule has 1 unspecified atom stereocenters. The molecule has 0 bridgehead atoms. The highest BCUT2D eigenvalue weighted by atomic mass is 32.2. The molecule has 4 rings (SSSR count). The molecular weight excluding hydrogens is 294 g/mol. The van der Waals surface area contributed by atoms with Gasteiger partial charge in [-0.1, -0.05) is 36.0 Å². The number of aliphatic imine (C=N–C) groups is 1. The molecule has 0 saturated heterocycles. The van der Waals surface area contributed by atoms with Crippen LogP contribution in [-0.2, 0) is 12.8 Å². The van der Waals surface area contributed by atoms with Crippen molar-refractivity contribution < 1.29 is 0 Å². The van der Waals surface area contributed by atoms with Gasteiger partial charge >= 0.3 is 0 Å². The minimum absolute atomic E-state index is 0.254. The molecule has 3 N–H and O–H groups in total. The minimum atomic E-state index is 0.254. The first-order chi connectivity index (χ1) is 10.8. The van der Waals surface area contributed by atoms with Crippen LogP contribution in [0.1, 0.15) is 21.9 Å². The van der Waals surface area contributed by atoms with Gasteiger partial charge in [-0.3, -0.25) is 4.99 Å². The fourth-order valence-corrected chi connectivity index (χ4v) is 3.84. The Kier molecular flexibility index (Phi) is 3.46. The van der Waals surface area contributed by atoms with Crippen LogP contribution in [-0.4, -0.2) is 27.7 Å². The molecule has 5 nitrogen and oxygen atoms in total. The number of thioether (sulfide) groups is 1. The van der Waals surface area contributed by atoms with Crippen LogP contribution < -0.4 is 11.1 Å². The fraction of sp³-hybridized carbons (Fsp3) is 0.312. The smallest absolute Gasteiger partial charge is 0.222 e. The summed E-state index contributed by atoms with van der Waals surface area (Å²) in [5.74, 6) is 0.693. The van der Waals surface area contributed by atoms with Gasteiger partial charge in [-0.2, -0.15) is 0 Å². The van der Waals surface area contributed by atoms with Gasteiger partial charge in [0, 0.05) is 24.0 Å². The lowest BCUT2D eigenvalue weighted by atomic mass is 10.1. The number of aromatic nitrogens is 2. The van der Waals surface area contributed by atoms with E-state index in [0.29, 0.717) is 23.7 Å². The summed E-state index contributed by atoms with van der Waals surface area (Å²) in [6, 6.07) is 8.97. The van der Waals surface area contributed by atoms with Gasteiger partial charge in [0.2, 0.25) is 5.95 Å². The van der Waals surface area contributed by atoms with E-state index in [1.165, 1.54) is 11.1 Å². The number of nitrogens with one attached hydrogen (secondary N) is 1. The Morgan fingerprint density at radius 3 is 2.36 bits per heavy atom. The van der Waals surface area contributed by atoms with E-state index in [1.807, 2.05) is 12.4 Å². The monoisotopic (exact) mass is 311 g/mol. The van der Waals surface area contributed by atoms with Crippen LogP contribution in [0, 0.1) is 0 Å². The van der Waals surface area contributed by atoms with Crippen molar-refractivity contribution in [1.29, 1.82) is 0 Å². The zero-order chi connectivity index (χ0) is 14.9. The number of fused-ring (bicyclic) bond motifs is 1. The summed E-state index contributed by atoms with van der Waals surface area (Å²) in [6.07, 6.45) is 5.82. The number of hydrogen-bond donors (Lipinski definition) is 2. The Bertz CT molecular complexity index is 688. The molecule has 1 atom stereocenters. The second-order valence-electron chi connectivity index (χ2n) is 5.64. The summed E-state index contributed by atoms with van der Waals surface area (Å²) in [7, 11) is 0. The van der Waals surface area contributed by atoms with Crippen molar-refractivity contribution in [2.75, 3.05) is 11.9 Å². The van der Waals surface area contributed by atoms with Gasteiger partial charge in [0.1, 0.15) is 0 Å². The quantitative estimate of drug-likeness (QED) is 0.908. The van der Waals surface area contributed by atoms with E-state index in [2.05, 4.69) is 44.5 Å². The Morgan fingerprint density at radius 2 is 1.77 bits per heavy atom. The number of nitrogens with zero attached hydrogens (tertiary/aromatic N) is 3. The van der Waals surface area contributed by atoms with Crippen LogP contribution >= 0.6 is 11.8 Å². The molecule has 2 aliphatic rings. The largest absolute Gasteiger partial charge is 0.379 e.